The Labute approximate surface area is 89.7 Å². The van der Waals surface area contributed by atoms with Crippen molar-refractivity contribution in [2.45, 2.75) is 11.8 Å². The van der Waals surface area contributed by atoms with Crippen molar-refractivity contribution in [1.29, 1.82) is 0 Å². The van der Waals surface area contributed by atoms with Crippen molar-refractivity contribution in [2.75, 3.05) is 12.4 Å². The molecule has 5 nitrogen and oxygen atoms in total. The number of carbonyl (C=O) groups is 1. The number of benzene rings is 1. The van der Waals surface area contributed by atoms with E-state index in [1.54, 1.807) is 6.07 Å². The molecule has 1 amide bonds. The third kappa shape index (κ3) is 3.34. The molecule has 2 N–H and O–H groups in total. The third-order valence-corrected chi connectivity index (χ3v) is 2.28. The van der Waals surface area contributed by atoms with Gasteiger partial charge in [-0.25, -0.2) is 4.21 Å². The van der Waals surface area contributed by atoms with Crippen LogP contribution in [0.3, 0.4) is 0 Å². The second-order valence-corrected chi connectivity index (χ2v) is 3.80. The quantitative estimate of drug-likeness (QED) is 0.764. The average Bonchev–Trinajstić information content (AvgIpc) is 2.16. The molecule has 0 radical (unpaired) electrons. The van der Waals surface area contributed by atoms with Crippen LogP contribution in [0.25, 0.3) is 0 Å². The van der Waals surface area contributed by atoms with Gasteiger partial charge in [0.05, 0.1) is 12.0 Å². The lowest BCUT2D eigenvalue weighted by Gasteiger charge is -2.07. The number of hydrogen-bond acceptors (Lipinski definition) is 3. The van der Waals surface area contributed by atoms with Crippen molar-refractivity contribution in [3.05, 3.63) is 18.2 Å². The lowest BCUT2D eigenvalue weighted by atomic mass is 10.3. The molecule has 0 fully saturated rings. The van der Waals surface area contributed by atoms with E-state index in [-0.39, 0.29) is 10.8 Å². The highest BCUT2D eigenvalue weighted by atomic mass is 32.2. The summed E-state index contributed by atoms with van der Waals surface area (Å²) in [4.78, 5) is 11.0. The van der Waals surface area contributed by atoms with Gasteiger partial charge in [0.2, 0.25) is 5.91 Å². The molecule has 82 valence electrons. The zero-order valence-electron chi connectivity index (χ0n) is 8.31. The van der Waals surface area contributed by atoms with Gasteiger partial charge in [-0.05, 0) is 12.1 Å². The van der Waals surface area contributed by atoms with E-state index in [1.807, 2.05) is 0 Å². The van der Waals surface area contributed by atoms with E-state index in [9.17, 15) is 9.00 Å². The monoisotopic (exact) mass is 229 g/mol. The molecule has 1 rings (SSSR count). The van der Waals surface area contributed by atoms with Crippen LogP contribution >= 0.6 is 0 Å². The van der Waals surface area contributed by atoms with Crippen LogP contribution in [-0.4, -0.2) is 21.8 Å². The molecule has 1 aromatic carbocycles. The Hall–Kier alpha value is -1.40. The van der Waals surface area contributed by atoms with Gasteiger partial charge in [-0.1, -0.05) is 0 Å². The number of ether oxygens (including phenoxy) is 1. The van der Waals surface area contributed by atoms with Gasteiger partial charge < -0.3 is 14.6 Å². The Morgan fingerprint density at radius 2 is 2.13 bits per heavy atom. The molecule has 1 unspecified atom stereocenters. The summed E-state index contributed by atoms with van der Waals surface area (Å²) < 4.78 is 24.7. The fourth-order valence-corrected chi connectivity index (χ4v) is 1.51. The highest BCUT2D eigenvalue weighted by molar-refractivity contribution is 7.79. The lowest BCUT2D eigenvalue weighted by Crippen LogP contribution is -2.06. The molecule has 1 atom stereocenters. The highest BCUT2D eigenvalue weighted by Gasteiger charge is 2.06. The Bertz CT molecular complexity index is 405. The van der Waals surface area contributed by atoms with E-state index in [0.717, 1.165) is 0 Å². The molecular weight excluding hydrogens is 218 g/mol. The van der Waals surface area contributed by atoms with Gasteiger partial charge in [-0.2, -0.15) is 0 Å². The van der Waals surface area contributed by atoms with Crippen LogP contribution in [0.2, 0.25) is 0 Å². The van der Waals surface area contributed by atoms with E-state index in [2.05, 4.69) is 5.32 Å². The minimum Gasteiger partial charge on any atom is -0.497 e. The van der Waals surface area contributed by atoms with Crippen molar-refractivity contribution >= 4 is 22.7 Å². The summed E-state index contributed by atoms with van der Waals surface area (Å²) in [6.07, 6.45) is 0. The van der Waals surface area contributed by atoms with E-state index < -0.39 is 11.1 Å². The Balaban J connectivity index is 3.11. The number of hydrogen-bond donors (Lipinski definition) is 2. The largest absolute Gasteiger partial charge is 0.497 e. The molecule has 1 aromatic rings. The fourth-order valence-electron chi connectivity index (χ4n) is 1.07. The molecular formula is C9H11NO4S. The van der Waals surface area contributed by atoms with E-state index in [1.165, 1.54) is 26.2 Å². The second kappa shape index (κ2) is 4.90. The first-order valence-electron chi connectivity index (χ1n) is 4.10. The van der Waals surface area contributed by atoms with Gasteiger partial charge in [0.15, 0.2) is 11.1 Å². The SMILES string of the molecule is COc1cc(NC(C)=O)cc(S(=O)O)c1. The standard InChI is InChI=1S/C9H11NO4S/c1-6(11)10-7-3-8(14-2)5-9(4-7)15(12)13/h3-5H,1-2H3,(H,10,11)(H,12,13). The van der Waals surface area contributed by atoms with Crippen molar-refractivity contribution < 1.29 is 18.3 Å². The first-order chi connectivity index (χ1) is 7.02. The number of anilines is 1. The minimum atomic E-state index is -2.10. The van der Waals surface area contributed by atoms with Crippen LogP contribution in [0.15, 0.2) is 23.1 Å². The summed E-state index contributed by atoms with van der Waals surface area (Å²) in [5, 5.41) is 2.51. The van der Waals surface area contributed by atoms with Gasteiger partial charge >= 0.3 is 0 Å². The van der Waals surface area contributed by atoms with Gasteiger partial charge in [-0.15, -0.1) is 0 Å². The summed E-state index contributed by atoms with van der Waals surface area (Å²) >= 11 is -2.10. The molecule has 0 bridgehead atoms. The van der Waals surface area contributed by atoms with Crippen LogP contribution in [0.1, 0.15) is 6.92 Å². The molecule has 6 heteroatoms. The van der Waals surface area contributed by atoms with E-state index >= 15 is 0 Å². The molecule has 0 aromatic heterocycles. The highest BCUT2D eigenvalue weighted by Crippen LogP contribution is 2.22. The normalized spacial score (nSPS) is 11.9. The zero-order valence-corrected chi connectivity index (χ0v) is 9.13. The Morgan fingerprint density at radius 1 is 1.47 bits per heavy atom. The first-order valence-corrected chi connectivity index (χ1v) is 5.21. The summed E-state index contributed by atoms with van der Waals surface area (Å²) in [6, 6.07) is 4.42. The molecule has 0 saturated heterocycles. The predicted octanol–water partition coefficient (Wildman–Crippen LogP) is 1.23. The Kier molecular flexibility index (Phi) is 3.81. The molecule has 0 spiro atoms. The predicted molar refractivity (Wildman–Crippen MR) is 56.3 cm³/mol. The minimum absolute atomic E-state index is 0.179. The molecule has 0 aliphatic carbocycles. The molecule has 15 heavy (non-hydrogen) atoms. The van der Waals surface area contributed by atoms with Gasteiger partial charge in [0, 0.05) is 18.7 Å². The van der Waals surface area contributed by atoms with Gasteiger partial charge in [-0.3, -0.25) is 4.79 Å². The first kappa shape index (κ1) is 11.7. The van der Waals surface area contributed by atoms with Crippen molar-refractivity contribution in [1.82, 2.24) is 0 Å². The maximum absolute atomic E-state index is 10.8. The topological polar surface area (TPSA) is 75.6 Å². The number of amides is 1. The maximum atomic E-state index is 10.8. The molecule has 0 aliphatic rings. The van der Waals surface area contributed by atoms with Crippen LogP contribution in [-0.2, 0) is 15.9 Å². The summed E-state index contributed by atoms with van der Waals surface area (Å²) in [5.74, 6) is 0.163. The van der Waals surface area contributed by atoms with Crippen LogP contribution < -0.4 is 10.1 Å². The molecule has 0 saturated carbocycles. The average molecular weight is 229 g/mol. The van der Waals surface area contributed by atoms with Crippen molar-refractivity contribution in [3.63, 3.8) is 0 Å². The van der Waals surface area contributed by atoms with Crippen LogP contribution in [0.4, 0.5) is 5.69 Å². The number of carbonyl (C=O) groups excluding carboxylic acids is 1. The zero-order chi connectivity index (χ0) is 11.4. The smallest absolute Gasteiger partial charge is 0.221 e. The van der Waals surface area contributed by atoms with Crippen molar-refractivity contribution in [3.8, 4) is 5.75 Å². The van der Waals surface area contributed by atoms with E-state index in [4.69, 9.17) is 9.29 Å². The Morgan fingerprint density at radius 3 is 2.60 bits per heavy atom. The number of methoxy groups -OCH3 is 1. The van der Waals surface area contributed by atoms with Crippen LogP contribution in [0.5, 0.6) is 5.75 Å². The summed E-state index contributed by atoms with van der Waals surface area (Å²) in [7, 11) is 1.44. The lowest BCUT2D eigenvalue weighted by molar-refractivity contribution is -0.114. The van der Waals surface area contributed by atoms with Crippen molar-refractivity contribution in [2.24, 2.45) is 0 Å². The molecule has 0 aliphatic heterocycles. The van der Waals surface area contributed by atoms with E-state index in [0.29, 0.717) is 11.4 Å². The van der Waals surface area contributed by atoms with Crippen LogP contribution in [0, 0.1) is 0 Å². The second-order valence-electron chi connectivity index (χ2n) is 2.83. The fraction of sp³-hybridized carbons (Fsp3) is 0.222. The summed E-state index contributed by atoms with van der Waals surface area (Å²) in [5.41, 5.74) is 0.430. The maximum Gasteiger partial charge on any atom is 0.221 e. The van der Waals surface area contributed by atoms with Gasteiger partial charge in [0.25, 0.3) is 0 Å². The number of rotatable bonds is 3. The number of nitrogens with one attached hydrogen (secondary N) is 1. The summed E-state index contributed by atoms with van der Waals surface area (Å²) in [6.45, 7) is 1.36. The van der Waals surface area contributed by atoms with Gasteiger partial charge in [0.1, 0.15) is 5.75 Å². The third-order valence-electron chi connectivity index (χ3n) is 1.64. The molecule has 0 heterocycles.